The number of hydrogen-bond acceptors (Lipinski definition) is 1. The molecule has 1 saturated carbocycles. The summed E-state index contributed by atoms with van der Waals surface area (Å²) in [5.41, 5.74) is 2.24. The molecule has 1 N–H and O–H groups in total. The van der Waals surface area contributed by atoms with Gasteiger partial charge in [-0.15, -0.1) is 0 Å². The summed E-state index contributed by atoms with van der Waals surface area (Å²) in [6.07, 6.45) is 4.01. The summed E-state index contributed by atoms with van der Waals surface area (Å²) in [4.78, 5) is 0. The van der Waals surface area contributed by atoms with Crippen LogP contribution in [-0.4, -0.2) is 5.11 Å². The molecule has 1 nitrogen and oxygen atoms in total. The van der Waals surface area contributed by atoms with Crippen LogP contribution in [0.25, 0.3) is 0 Å². The molecule has 1 aromatic rings. The van der Waals surface area contributed by atoms with Gasteiger partial charge in [0.1, 0.15) is 5.75 Å². The van der Waals surface area contributed by atoms with Gasteiger partial charge in [0.05, 0.1) is 0 Å². The number of aromatic hydroxyl groups is 1. The van der Waals surface area contributed by atoms with Gasteiger partial charge in [-0.1, -0.05) is 45.4 Å². The van der Waals surface area contributed by atoms with E-state index in [1.165, 1.54) is 19.3 Å². The first-order valence-corrected chi connectivity index (χ1v) is 6.43. The molecule has 2 heteroatoms. The quantitative estimate of drug-likeness (QED) is 0.817. The Morgan fingerprint density at radius 2 is 1.71 bits per heavy atom. The summed E-state index contributed by atoms with van der Waals surface area (Å²) < 4.78 is 0. The second-order valence-corrected chi connectivity index (χ2v) is 5.42. The van der Waals surface area contributed by atoms with Gasteiger partial charge in [0.15, 0.2) is 0 Å². The average molecular weight is 238 g/mol. The number of para-hydroxylation sites is 1. The molecule has 0 radical (unpaired) electrons. The van der Waals surface area contributed by atoms with Gasteiger partial charge in [0.25, 0.3) is 0 Å². The third-order valence-corrected chi connectivity index (χ3v) is 4.07. The van der Waals surface area contributed by atoms with E-state index in [1.807, 2.05) is 6.07 Å². The molecule has 0 bridgehead atoms. The number of benzene rings is 1. The summed E-state index contributed by atoms with van der Waals surface area (Å²) in [7, 11) is 0. The van der Waals surface area contributed by atoms with E-state index in [-0.39, 0.29) is 4.70 Å². The maximum Gasteiger partial charge on any atom is 0.122 e. The van der Waals surface area contributed by atoms with Crippen molar-refractivity contribution in [2.75, 3.05) is 0 Å². The van der Waals surface area contributed by atoms with Crippen LogP contribution in [0.15, 0.2) is 18.2 Å². The van der Waals surface area contributed by atoms with E-state index in [1.54, 1.807) is 0 Å². The summed E-state index contributed by atoms with van der Waals surface area (Å²) in [6, 6.07) is 6.21. The second-order valence-electron chi connectivity index (χ2n) is 5.42. The largest absolute Gasteiger partial charge is 0.507 e. The van der Waals surface area contributed by atoms with Crippen LogP contribution in [-0.2, 0) is 0 Å². The van der Waals surface area contributed by atoms with Crippen molar-refractivity contribution in [1.29, 1.82) is 0 Å². The van der Waals surface area contributed by atoms with E-state index in [0.29, 0.717) is 17.6 Å². The molecule has 0 amide bonds. The molecule has 2 rings (SSSR count). The highest BCUT2D eigenvalue weighted by molar-refractivity contribution is 5.44. The summed E-state index contributed by atoms with van der Waals surface area (Å²) >= 11 is 0. The Labute approximate surface area is 103 Å². The predicted octanol–water partition coefficient (Wildman–Crippen LogP) is 4.57. The van der Waals surface area contributed by atoms with Gasteiger partial charge < -0.3 is 5.11 Å². The van der Waals surface area contributed by atoms with Gasteiger partial charge in [-0.05, 0) is 41.7 Å². The fourth-order valence-electron chi connectivity index (χ4n) is 2.61. The van der Waals surface area contributed by atoms with Crippen molar-refractivity contribution in [2.24, 2.45) is 5.92 Å². The van der Waals surface area contributed by atoms with E-state index in [4.69, 9.17) is 0 Å². The topological polar surface area (TPSA) is 20.2 Å². The molecule has 1 aromatic carbocycles. The number of phenols is 1. The Bertz CT molecular complexity index is 369. The minimum absolute atomic E-state index is 0. The number of phenolic OH excluding ortho intramolecular Hbond substituents is 1. The Balaban J connectivity index is 0.00000144. The molecule has 1 atom stereocenters. The number of rotatable bonds is 3. The first kappa shape index (κ1) is 14.0. The average Bonchev–Trinajstić information content (AvgIpc) is 2.14. The van der Waals surface area contributed by atoms with Crippen molar-refractivity contribution in [3.63, 3.8) is 0 Å². The molecular weight excluding hydrogens is 215 g/mol. The normalized spacial score (nSPS) is 17.4. The maximum atomic E-state index is 10.3. The van der Waals surface area contributed by atoms with Crippen LogP contribution in [0, 0.1) is 5.92 Å². The Kier molecular flexibility index (Phi) is 4.55. The lowest BCUT2D eigenvalue weighted by atomic mass is 9.73. The van der Waals surface area contributed by atoms with E-state index < -0.39 is 0 Å². The van der Waals surface area contributed by atoms with Gasteiger partial charge in [-0.3, -0.25) is 4.70 Å². The number of halogens is 1. The van der Waals surface area contributed by atoms with Crippen LogP contribution in [0.4, 0.5) is 4.70 Å². The lowest BCUT2D eigenvalue weighted by molar-refractivity contribution is 0.268. The molecule has 0 heterocycles. The summed E-state index contributed by atoms with van der Waals surface area (Å²) in [5, 5.41) is 10.3. The van der Waals surface area contributed by atoms with Crippen molar-refractivity contribution in [1.82, 2.24) is 0 Å². The van der Waals surface area contributed by atoms with Crippen LogP contribution in [0.1, 0.15) is 63.0 Å². The highest BCUT2D eigenvalue weighted by Gasteiger charge is 2.27. The van der Waals surface area contributed by atoms with Gasteiger partial charge >= 0.3 is 0 Å². The molecule has 1 aliphatic rings. The highest BCUT2D eigenvalue weighted by atomic mass is 19.0. The van der Waals surface area contributed by atoms with Crippen molar-refractivity contribution in [3.8, 4) is 5.75 Å². The van der Waals surface area contributed by atoms with Gasteiger partial charge in [-0.25, -0.2) is 0 Å². The van der Waals surface area contributed by atoms with Crippen molar-refractivity contribution >= 4 is 0 Å². The van der Waals surface area contributed by atoms with Crippen LogP contribution in [0.2, 0.25) is 0 Å². The molecule has 1 unspecified atom stereocenters. The molecule has 17 heavy (non-hydrogen) atoms. The third kappa shape index (κ3) is 2.62. The van der Waals surface area contributed by atoms with Crippen LogP contribution < -0.4 is 0 Å². The van der Waals surface area contributed by atoms with Gasteiger partial charge in [0.2, 0.25) is 0 Å². The van der Waals surface area contributed by atoms with Crippen LogP contribution in [0.3, 0.4) is 0 Å². The molecule has 0 aliphatic heterocycles. The zero-order chi connectivity index (χ0) is 11.7. The highest BCUT2D eigenvalue weighted by Crippen LogP contribution is 2.43. The first-order valence-electron chi connectivity index (χ1n) is 6.43. The fourth-order valence-corrected chi connectivity index (χ4v) is 2.61. The molecule has 0 aromatic heterocycles. The summed E-state index contributed by atoms with van der Waals surface area (Å²) in [6.45, 7) is 6.52. The number of hydrogen-bond donors (Lipinski definition) is 1. The van der Waals surface area contributed by atoms with Crippen molar-refractivity contribution in [3.05, 3.63) is 29.3 Å². The lowest BCUT2D eigenvalue weighted by Crippen LogP contribution is -2.18. The Morgan fingerprint density at radius 1 is 1.12 bits per heavy atom. The first-order chi connectivity index (χ1) is 7.61. The zero-order valence-corrected chi connectivity index (χ0v) is 10.9. The fraction of sp³-hybridized carbons (Fsp3) is 0.600. The SMILES string of the molecule is CC(C)c1cccc(C(C)C2CCC2)c1O.F. The van der Waals surface area contributed by atoms with E-state index in [2.05, 4.69) is 32.9 Å². The minimum atomic E-state index is 0. The summed E-state index contributed by atoms with van der Waals surface area (Å²) in [5.74, 6) is 2.23. The lowest BCUT2D eigenvalue weighted by Gasteiger charge is -2.32. The van der Waals surface area contributed by atoms with Crippen molar-refractivity contribution < 1.29 is 9.81 Å². The van der Waals surface area contributed by atoms with E-state index in [0.717, 1.165) is 17.0 Å². The molecule has 96 valence electrons. The van der Waals surface area contributed by atoms with E-state index >= 15 is 0 Å². The van der Waals surface area contributed by atoms with E-state index in [9.17, 15) is 5.11 Å². The van der Waals surface area contributed by atoms with Gasteiger partial charge in [-0.2, -0.15) is 0 Å². The van der Waals surface area contributed by atoms with Crippen LogP contribution >= 0.6 is 0 Å². The molecule has 1 fully saturated rings. The van der Waals surface area contributed by atoms with Gasteiger partial charge in [0, 0.05) is 0 Å². The molecule has 0 spiro atoms. The molecular formula is C15H23FO. The Hall–Kier alpha value is -1.05. The third-order valence-electron chi connectivity index (χ3n) is 4.07. The van der Waals surface area contributed by atoms with Crippen molar-refractivity contribution in [2.45, 2.75) is 51.9 Å². The standard InChI is InChI=1S/C15H22O.FH/c1-10(2)13-8-5-9-14(15(13)16)11(3)12-6-4-7-12;/h5,8-12,16H,4,6-7H2,1-3H3;1H. The minimum Gasteiger partial charge on any atom is -0.507 e. The zero-order valence-electron chi connectivity index (χ0n) is 10.9. The maximum absolute atomic E-state index is 10.3. The Morgan fingerprint density at radius 3 is 2.18 bits per heavy atom. The predicted molar refractivity (Wildman–Crippen MR) is 70.5 cm³/mol. The molecule has 0 saturated heterocycles. The molecule has 1 aliphatic carbocycles. The second kappa shape index (κ2) is 5.52. The van der Waals surface area contributed by atoms with Crippen LogP contribution in [0.5, 0.6) is 5.75 Å². The monoisotopic (exact) mass is 238 g/mol. The smallest absolute Gasteiger partial charge is 0.122 e.